The van der Waals surface area contributed by atoms with Crippen LogP contribution in [0.25, 0.3) is 0 Å². The number of nitrogens with zero attached hydrogens (tertiary/aromatic N) is 4. The topological polar surface area (TPSA) is 60.4 Å². The minimum absolute atomic E-state index is 0.131. The molecule has 0 aliphatic carbocycles. The molecule has 0 bridgehead atoms. The molecule has 2 aliphatic heterocycles. The van der Waals surface area contributed by atoms with Gasteiger partial charge in [0.15, 0.2) is 5.96 Å². The maximum absolute atomic E-state index is 12.3. The molecule has 1 N–H and O–H groups in total. The van der Waals surface area contributed by atoms with E-state index in [0.29, 0.717) is 19.1 Å². The van der Waals surface area contributed by atoms with Crippen LogP contribution in [-0.4, -0.2) is 98.2 Å². The summed E-state index contributed by atoms with van der Waals surface area (Å²) in [7, 11) is 1.92. The maximum Gasteiger partial charge on any atom is 0.242 e. The first kappa shape index (κ1) is 20.0. The molecule has 2 saturated heterocycles. The Kier molecular flexibility index (Phi) is 7.96. The highest BCUT2D eigenvalue weighted by Crippen LogP contribution is 2.22. The smallest absolute Gasteiger partial charge is 0.242 e. The van der Waals surface area contributed by atoms with Crippen molar-refractivity contribution in [3.8, 4) is 0 Å². The number of guanidine groups is 1. The van der Waals surface area contributed by atoms with Crippen LogP contribution in [0.5, 0.6) is 0 Å². The summed E-state index contributed by atoms with van der Waals surface area (Å²) < 4.78 is 5.98. The Hall–Kier alpha value is -1.34. The van der Waals surface area contributed by atoms with Crippen LogP contribution in [0, 0.1) is 0 Å². The first-order valence-electron chi connectivity index (χ1n) is 9.71. The number of morpholine rings is 1. The summed E-state index contributed by atoms with van der Waals surface area (Å²) in [6, 6.07) is 0.614. The fourth-order valence-corrected chi connectivity index (χ4v) is 3.61. The van der Waals surface area contributed by atoms with E-state index < -0.39 is 0 Å². The van der Waals surface area contributed by atoms with Crippen molar-refractivity contribution < 1.29 is 9.53 Å². The van der Waals surface area contributed by atoms with Crippen LogP contribution in [0.4, 0.5) is 0 Å². The zero-order valence-electron chi connectivity index (χ0n) is 16.3. The molecular weight excluding hydrogens is 318 g/mol. The Balaban J connectivity index is 1.89. The number of carbonyl (C=O) groups is 1. The lowest BCUT2D eigenvalue weighted by molar-refractivity contribution is -0.131. The summed E-state index contributed by atoms with van der Waals surface area (Å²) in [5.74, 6) is 0.905. The van der Waals surface area contributed by atoms with E-state index in [2.05, 4.69) is 10.2 Å². The highest BCUT2D eigenvalue weighted by molar-refractivity contribution is 5.86. The van der Waals surface area contributed by atoms with Crippen LogP contribution in [0.15, 0.2) is 4.99 Å². The molecule has 7 heteroatoms. The molecule has 0 radical (unpaired) electrons. The third kappa shape index (κ3) is 5.57. The first-order chi connectivity index (χ1) is 12.1. The van der Waals surface area contributed by atoms with Gasteiger partial charge in [0, 0.05) is 39.3 Å². The van der Waals surface area contributed by atoms with Gasteiger partial charge in [-0.1, -0.05) is 0 Å². The number of ether oxygens (including phenoxy) is 1. The third-order valence-corrected chi connectivity index (χ3v) is 5.09. The molecule has 144 valence electrons. The summed E-state index contributed by atoms with van der Waals surface area (Å²) in [5.41, 5.74) is 0. The quantitative estimate of drug-likeness (QED) is 0.537. The standard InChI is InChI=1S/C18H35N5O2/c1-5-19-18(21(4)13-17(24)22(6-2)7-3)20-11-16-12-23-10-8-9-15(23)14-25-16/h15-16H,5-14H2,1-4H3,(H,19,20). The van der Waals surface area contributed by atoms with Crippen LogP contribution in [0.1, 0.15) is 33.6 Å². The molecule has 1 amide bonds. The number of amides is 1. The minimum atomic E-state index is 0.131. The van der Waals surface area contributed by atoms with Crippen LogP contribution in [-0.2, 0) is 9.53 Å². The molecule has 0 saturated carbocycles. The van der Waals surface area contributed by atoms with E-state index in [1.807, 2.05) is 37.6 Å². The van der Waals surface area contributed by atoms with E-state index in [0.717, 1.165) is 38.7 Å². The molecule has 0 aromatic heterocycles. The van der Waals surface area contributed by atoms with Crippen LogP contribution < -0.4 is 5.32 Å². The zero-order valence-corrected chi connectivity index (χ0v) is 16.3. The van der Waals surface area contributed by atoms with E-state index >= 15 is 0 Å². The molecule has 25 heavy (non-hydrogen) atoms. The lowest BCUT2D eigenvalue weighted by atomic mass is 10.2. The predicted octanol–water partition coefficient (Wildman–Crippen LogP) is 0.615. The molecule has 2 atom stereocenters. The Morgan fingerprint density at radius 3 is 2.76 bits per heavy atom. The van der Waals surface area contributed by atoms with E-state index in [9.17, 15) is 4.79 Å². The van der Waals surface area contributed by atoms with Crippen molar-refractivity contribution in [1.82, 2.24) is 20.0 Å². The molecule has 2 aliphatic rings. The number of aliphatic imine (C=N–C) groups is 1. The molecule has 7 nitrogen and oxygen atoms in total. The molecule has 2 heterocycles. The highest BCUT2D eigenvalue weighted by Gasteiger charge is 2.32. The summed E-state index contributed by atoms with van der Waals surface area (Å²) in [6.45, 7) is 12.3. The van der Waals surface area contributed by atoms with Crippen molar-refractivity contribution in [3.63, 3.8) is 0 Å². The minimum Gasteiger partial charge on any atom is -0.373 e. The molecule has 0 aromatic rings. The van der Waals surface area contributed by atoms with Gasteiger partial charge < -0.3 is 19.9 Å². The van der Waals surface area contributed by atoms with Crippen molar-refractivity contribution >= 4 is 11.9 Å². The number of hydrogen-bond acceptors (Lipinski definition) is 4. The SMILES string of the molecule is CCNC(=NCC1CN2CCCC2CO1)N(C)CC(=O)N(CC)CC. The second-order valence-corrected chi connectivity index (χ2v) is 6.86. The Morgan fingerprint density at radius 2 is 2.08 bits per heavy atom. The van der Waals surface area contributed by atoms with Gasteiger partial charge in [0.05, 0.1) is 25.8 Å². The summed E-state index contributed by atoms with van der Waals surface area (Å²) in [5, 5.41) is 3.28. The van der Waals surface area contributed by atoms with Gasteiger partial charge in [0.25, 0.3) is 0 Å². The fraction of sp³-hybridized carbons (Fsp3) is 0.889. The van der Waals surface area contributed by atoms with E-state index in [1.165, 1.54) is 19.4 Å². The Bertz CT molecular complexity index is 453. The van der Waals surface area contributed by atoms with Gasteiger partial charge in [0.2, 0.25) is 5.91 Å². The molecular formula is C18H35N5O2. The third-order valence-electron chi connectivity index (χ3n) is 5.09. The lowest BCUT2D eigenvalue weighted by Crippen LogP contribution is -2.48. The summed E-state index contributed by atoms with van der Waals surface area (Å²) in [6.07, 6.45) is 2.69. The average molecular weight is 354 g/mol. The number of nitrogens with one attached hydrogen (secondary N) is 1. The molecule has 2 rings (SSSR count). The van der Waals surface area contributed by atoms with Gasteiger partial charge in [-0.25, -0.2) is 0 Å². The Morgan fingerprint density at radius 1 is 1.32 bits per heavy atom. The summed E-state index contributed by atoms with van der Waals surface area (Å²) in [4.78, 5) is 23.3. The van der Waals surface area contributed by atoms with E-state index in [-0.39, 0.29) is 12.0 Å². The van der Waals surface area contributed by atoms with Gasteiger partial charge in [-0.3, -0.25) is 14.7 Å². The van der Waals surface area contributed by atoms with Gasteiger partial charge in [-0.05, 0) is 40.2 Å². The largest absolute Gasteiger partial charge is 0.373 e. The number of rotatable bonds is 7. The lowest BCUT2D eigenvalue weighted by Gasteiger charge is -2.34. The Labute approximate surface area is 152 Å². The molecule has 0 aromatic carbocycles. The van der Waals surface area contributed by atoms with Crippen molar-refractivity contribution in [2.24, 2.45) is 4.99 Å². The average Bonchev–Trinajstić information content (AvgIpc) is 3.07. The molecule has 2 unspecified atom stereocenters. The second-order valence-electron chi connectivity index (χ2n) is 6.86. The van der Waals surface area contributed by atoms with Crippen molar-refractivity contribution in [3.05, 3.63) is 0 Å². The van der Waals surface area contributed by atoms with Gasteiger partial charge in [-0.2, -0.15) is 0 Å². The van der Waals surface area contributed by atoms with Gasteiger partial charge >= 0.3 is 0 Å². The number of hydrogen-bond donors (Lipinski definition) is 1. The second kappa shape index (κ2) is 9.97. The number of likely N-dealkylation sites (N-methyl/N-ethyl adjacent to an activating group) is 2. The molecule has 2 fully saturated rings. The molecule has 0 spiro atoms. The van der Waals surface area contributed by atoms with Crippen LogP contribution in [0.2, 0.25) is 0 Å². The van der Waals surface area contributed by atoms with Gasteiger partial charge in [-0.15, -0.1) is 0 Å². The van der Waals surface area contributed by atoms with Crippen molar-refractivity contribution in [1.29, 1.82) is 0 Å². The first-order valence-corrected chi connectivity index (χ1v) is 9.71. The monoisotopic (exact) mass is 353 g/mol. The van der Waals surface area contributed by atoms with Crippen LogP contribution >= 0.6 is 0 Å². The van der Waals surface area contributed by atoms with Gasteiger partial charge in [0.1, 0.15) is 0 Å². The van der Waals surface area contributed by atoms with Crippen molar-refractivity contribution in [2.75, 3.05) is 59.5 Å². The predicted molar refractivity (Wildman–Crippen MR) is 101 cm³/mol. The number of fused-ring (bicyclic) bond motifs is 1. The van der Waals surface area contributed by atoms with Crippen molar-refractivity contribution in [2.45, 2.75) is 45.8 Å². The normalized spacial score (nSPS) is 24.1. The maximum atomic E-state index is 12.3. The zero-order chi connectivity index (χ0) is 18.2. The van der Waals surface area contributed by atoms with E-state index in [1.54, 1.807) is 0 Å². The van der Waals surface area contributed by atoms with Crippen LogP contribution in [0.3, 0.4) is 0 Å². The van der Waals surface area contributed by atoms with E-state index in [4.69, 9.17) is 9.73 Å². The number of carbonyl (C=O) groups excluding carboxylic acids is 1. The summed E-state index contributed by atoms with van der Waals surface area (Å²) >= 11 is 0. The highest BCUT2D eigenvalue weighted by atomic mass is 16.5. The fourth-order valence-electron chi connectivity index (χ4n) is 3.61.